The molecule has 0 heterocycles. The average molecular weight is 251 g/mol. The predicted octanol–water partition coefficient (Wildman–Crippen LogP) is 4.19. The van der Waals surface area contributed by atoms with Crippen molar-refractivity contribution in [2.45, 2.75) is 38.5 Å². The summed E-state index contributed by atoms with van der Waals surface area (Å²) in [7, 11) is 0. The molecule has 1 aromatic carbocycles. The molecule has 0 saturated carbocycles. The second-order valence-electron chi connectivity index (χ2n) is 5.61. The number of rotatable bonds is 7. The molecule has 2 heteroatoms. The summed E-state index contributed by atoms with van der Waals surface area (Å²) >= 11 is 1.96. The molecule has 0 unspecified atom stereocenters. The Kier molecular flexibility index (Phi) is 6.68. The maximum absolute atomic E-state index is 3.51. The van der Waals surface area contributed by atoms with Crippen LogP contribution in [0.4, 0.5) is 0 Å². The minimum absolute atomic E-state index is 0.402. The molecule has 0 bridgehead atoms. The molecule has 1 aromatic rings. The van der Waals surface area contributed by atoms with Crippen LogP contribution >= 0.6 is 11.8 Å². The topological polar surface area (TPSA) is 12.0 Å². The highest BCUT2D eigenvalue weighted by Gasteiger charge is 2.07. The van der Waals surface area contributed by atoms with Crippen molar-refractivity contribution in [2.24, 2.45) is 5.41 Å². The van der Waals surface area contributed by atoms with Crippen LogP contribution in [0.3, 0.4) is 0 Å². The summed E-state index contributed by atoms with van der Waals surface area (Å²) in [6.07, 6.45) is 2.56. The lowest BCUT2D eigenvalue weighted by atomic mass is 9.97. The number of hydrogen-bond acceptors (Lipinski definition) is 2. The predicted molar refractivity (Wildman–Crippen MR) is 78.7 cm³/mol. The first-order valence-electron chi connectivity index (χ1n) is 6.46. The normalized spacial score (nSPS) is 11.7. The Hall–Kier alpha value is -0.470. The lowest BCUT2D eigenvalue weighted by Gasteiger charge is -2.18. The quantitative estimate of drug-likeness (QED) is 0.576. The van der Waals surface area contributed by atoms with Gasteiger partial charge < -0.3 is 5.32 Å². The Bertz CT molecular complexity index is 290. The highest BCUT2D eigenvalue weighted by Crippen LogP contribution is 2.18. The average Bonchev–Trinajstić information content (AvgIpc) is 2.28. The summed E-state index contributed by atoms with van der Waals surface area (Å²) in [5, 5.41) is 3.51. The van der Waals surface area contributed by atoms with Gasteiger partial charge in [-0.05, 0) is 49.2 Å². The zero-order valence-electron chi connectivity index (χ0n) is 11.3. The SMILES string of the molecule is CC(C)(C)CNCCCCSc1ccccc1. The molecule has 0 aliphatic rings. The molecule has 0 atom stereocenters. The van der Waals surface area contributed by atoms with Crippen LogP contribution in [0.25, 0.3) is 0 Å². The second-order valence-corrected chi connectivity index (χ2v) is 6.77. The van der Waals surface area contributed by atoms with Crippen LogP contribution in [0.2, 0.25) is 0 Å². The zero-order valence-corrected chi connectivity index (χ0v) is 12.1. The van der Waals surface area contributed by atoms with Crippen molar-refractivity contribution in [3.63, 3.8) is 0 Å². The van der Waals surface area contributed by atoms with Crippen LogP contribution < -0.4 is 5.32 Å². The van der Waals surface area contributed by atoms with E-state index in [-0.39, 0.29) is 0 Å². The van der Waals surface area contributed by atoms with E-state index in [4.69, 9.17) is 0 Å². The first-order chi connectivity index (χ1) is 8.08. The Morgan fingerprint density at radius 2 is 1.76 bits per heavy atom. The molecule has 0 saturated heterocycles. The van der Waals surface area contributed by atoms with E-state index >= 15 is 0 Å². The molecule has 0 aromatic heterocycles. The highest BCUT2D eigenvalue weighted by molar-refractivity contribution is 7.99. The third kappa shape index (κ3) is 8.28. The molecule has 1 rings (SSSR count). The fourth-order valence-electron chi connectivity index (χ4n) is 1.52. The standard InChI is InChI=1S/C15H25NS/c1-15(2,3)13-16-11-7-8-12-17-14-9-5-4-6-10-14/h4-6,9-10,16H,7-8,11-13H2,1-3H3. The fraction of sp³-hybridized carbons (Fsp3) is 0.600. The smallest absolute Gasteiger partial charge is 0.00719 e. The third-order valence-corrected chi connectivity index (χ3v) is 3.51. The van der Waals surface area contributed by atoms with Crippen molar-refractivity contribution in [3.8, 4) is 0 Å². The number of nitrogens with one attached hydrogen (secondary N) is 1. The number of benzene rings is 1. The minimum atomic E-state index is 0.402. The van der Waals surface area contributed by atoms with E-state index < -0.39 is 0 Å². The lowest BCUT2D eigenvalue weighted by molar-refractivity contribution is 0.379. The Morgan fingerprint density at radius 1 is 1.06 bits per heavy atom. The Balaban J connectivity index is 1.95. The van der Waals surface area contributed by atoms with Crippen molar-refractivity contribution in [1.82, 2.24) is 5.32 Å². The van der Waals surface area contributed by atoms with E-state index in [9.17, 15) is 0 Å². The molecule has 1 nitrogen and oxygen atoms in total. The van der Waals surface area contributed by atoms with Gasteiger partial charge in [0.25, 0.3) is 0 Å². The van der Waals surface area contributed by atoms with E-state index in [0.29, 0.717) is 5.41 Å². The fourth-order valence-corrected chi connectivity index (χ4v) is 2.46. The molecule has 0 spiro atoms. The molecule has 0 aliphatic heterocycles. The molecule has 96 valence electrons. The maximum Gasteiger partial charge on any atom is 0.00719 e. The Labute approximate surface area is 110 Å². The van der Waals surface area contributed by atoms with E-state index in [1.807, 2.05) is 11.8 Å². The second kappa shape index (κ2) is 7.78. The number of unbranched alkanes of at least 4 members (excludes halogenated alkanes) is 1. The van der Waals surface area contributed by atoms with Crippen LogP contribution in [0, 0.1) is 5.41 Å². The van der Waals surface area contributed by atoms with E-state index in [2.05, 4.69) is 56.4 Å². The van der Waals surface area contributed by atoms with Gasteiger partial charge in [0.05, 0.1) is 0 Å². The van der Waals surface area contributed by atoms with Crippen LogP contribution in [-0.2, 0) is 0 Å². The third-order valence-electron chi connectivity index (χ3n) is 2.42. The number of thioether (sulfide) groups is 1. The summed E-state index contributed by atoms with van der Waals surface area (Å²) < 4.78 is 0. The minimum Gasteiger partial charge on any atom is -0.316 e. The van der Waals surface area contributed by atoms with Gasteiger partial charge in [0.2, 0.25) is 0 Å². The van der Waals surface area contributed by atoms with Crippen molar-refractivity contribution in [1.29, 1.82) is 0 Å². The molecule has 1 N–H and O–H groups in total. The molecule has 0 radical (unpaired) electrons. The van der Waals surface area contributed by atoms with Gasteiger partial charge >= 0.3 is 0 Å². The van der Waals surface area contributed by atoms with Gasteiger partial charge in [-0.1, -0.05) is 39.0 Å². The zero-order chi connectivity index (χ0) is 12.6. The maximum atomic E-state index is 3.51. The lowest BCUT2D eigenvalue weighted by Crippen LogP contribution is -2.27. The van der Waals surface area contributed by atoms with Crippen LogP contribution in [0.1, 0.15) is 33.6 Å². The molecule has 0 amide bonds. The van der Waals surface area contributed by atoms with Gasteiger partial charge in [-0.2, -0.15) is 0 Å². The first-order valence-corrected chi connectivity index (χ1v) is 7.45. The highest BCUT2D eigenvalue weighted by atomic mass is 32.2. The van der Waals surface area contributed by atoms with E-state index in [0.717, 1.165) is 13.1 Å². The first kappa shape index (κ1) is 14.6. The van der Waals surface area contributed by atoms with Gasteiger partial charge in [-0.3, -0.25) is 0 Å². The largest absolute Gasteiger partial charge is 0.316 e. The summed E-state index contributed by atoms with van der Waals surface area (Å²) in [5.41, 5.74) is 0.402. The summed E-state index contributed by atoms with van der Waals surface area (Å²) in [5.74, 6) is 1.22. The van der Waals surface area contributed by atoms with Gasteiger partial charge in [-0.25, -0.2) is 0 Å². The molecule has 17 heavy (non-hydrogen) atoms. The van der Waals surface area contributed by atoms with Crippen LogP contribution in [0.5, 0.6) is 0 Å². The van der Waals surface area contributed by atoms with Gasteiger partial charge in [0.15, 0.2) is 0 Å². The summed E-state index contributed by atoms with van der Waals surface area (Å²) in [6.45, 7) is 9.06. The summed E-state index contributed by atoms with van der Waals surface area (Å²) in [4.78, 5) is 1.38. The molecule has 0 aliphatic carbocycles. The molecular weight excluding hydrogens is 226 g/mol. The Morgan fingerprint density at radius 3 is 2.41 bits per heavy atom. The van der Waals surface area contributed by atoms with Crippen LogP contribution in [-0.4, -0.2) is 18.8 Å². The van der Waals surface area contributed by atoms with Gasteiger partial charge in [-0.15, -0.1) is 11.8 Å². The monoisotopic (exact) mass is 251 g/mol. The van der Waals surface area contributed by atoms with Gasteiger partial charge in [0, 0.05) is 4.90 Å². The number of hydrogen-bond donors (Lipinski definition) is 1. The van der Waals surface area contributed by atoms with Crippen LogP contribution in [0.15, 0.2) is 35.2 Å². The van der Waals surface area contributed by atoms with Crippen molar-refractivity contribution in [3.05, 3.63) is 30.3 Å². The van der Waals surface area contributed by atoms with Crippen molar-refractivity contribution < 1.29 is 0 Å². The van der Waals surface area contributed by atoms with E-state index in [1.165, 1.54) is 23.5 Å². The molecular formula is C15H25NS. The van der Waals surface area contributed by atoms with Gasteiger partial charge in [0.1, 0.15) is 0 Å². The van der Waals surface area contributed by atoms with Crippen molar-refractivity contribution >= 4 is 11.8 Å². The van der Waals surface area contributed by atoms with E-state index in [1.54, 1.807) is 0 Å². The molecule has 0 fully saturated rings. The van der Waals surface area contributed by atoms with Crippen molar-refractivity contribution in [2.75, 3.05) is 18.8 Å². The summed E-state index contributed by atoms with van der Waals surface area (Å²) in [6, 6.07) is 10.6.